The van der Waals surface area contributed by atoms with Gasteiger partial charge in [-0.15, -0.1) is 0 Å². The second-order valence-electron chi connectivity index (χ2n) is 12.6. The molecule has 0 radical (unpaired) electrons. The first-order valence-corrected chi connectivity index (χ1v) is 16.4. The fourth-order valence-electron chi connectivity index (χ4n) is 6.34. The molecular weight excluding hydrogens is 588 g/mol. The normalized spacial score (nSPS) is 17.2. The van der Waals surface area contributed by atoms with Crippen molar-refractivity contribution in [1.29, 1.82) is 0 Å². The van der Waals surface area contributed by atoms with Gasteiger partial charge in [-0.3, -0.25) is 14.4 Å². The van der Waals surface area contributed by atoms with Crippen LogP contribution in [0, 0.1) is 17.8 Å². The van der Waals surface area contributed by atoms with Crippen molar-refractivity contribution in [3.63, 3.8) is 0 Å². The Balaban J connectivity index is 1.53. The molecule has 1 unspecified atom stereocenters. The van der Waals surface area contributed by atoms with Crippen LogP contribution in [0.1, 0.15) is 57.2 Å². The van der Waals surface area contributed by atoms with E-state index < -0.39 is 29.8 Å². The van der Waals surface area contributed by atoms with Crippen molar-refractivity contribution in [2.24, 2.45) is 23.5 Å². The number of hydrogen-bond donors (Lipinski definition) is 3. The van der Waals surface area contributed by atoms with Crippen molar-refractivity contribution in [2.45, 2.75) is 58.7 Å². The van der Waals surface area contributed by atoms with Crippen molar-refractivity contribution in [3.8, 4) is 11.5 Å². The highest BCUT2D eigenvalue weighted by Gasteiger charge is 2.41. The van der Waals surface area contributed by atoms with Crippen LogP contribution in [-0.2, 0) is 20.9 Å². The number of primary amides is 1. The number of nitrogens with two attached hydrogens (primary N) is 1. The van der Waals surface area contributed by atoms with Crippen LogP contribution in [0.3, 0.4) is 0 Å². The molecule has 0 saturated carbocycles. The minimum atomic E-state index is -0.981. The SMILES string of the molecule is CCC[C@H](C(N)=O)[C@@H](CC(C)C)C(=O)NC1C(=O)N(Cc2cccc(Oc3ccccc3)c2)c2ccccc2N[C@H]1c1ccccc1. The molecule has 1 aliphatic rings. The molecule has 8 heteroatoms. The van der Waals surface area contributed by atoms with Gasteiger partial charge in [0, 0.05) is 11.8 Å². The average Bonchev–Trinajstić information content (AvgIpc) is 3.18. The van der Waals surface area contributed by atoms with Gasteiger partial charge in [0.15, 0.2) is 0 Å². The van der Waals surface area contributed by atoms with E-state index in [9.17, 15) is 14.4 Å². The maximum absolute atomic E-state index is 14.8. The van der Waals surface area contributed by atoms with E-state index in [2.05, 4.69) is 10.6 Å². The molecule has 8 nitrogen and oxygen atoms in total. The molecule has 0 saturated heterocycles. The molecule has 1 heterocycles. The number of carbonyl (C=O) groups excluding carboxylic acids is 3. The molecule has 4 aromatic carbocycles. The lowest BCUT2D eigenvalue weighted by molar-refractivity contribution is -0.136. The summed E-state index contributed by atoms with van der Waals surface area (Å²) in [6.07, 6.45) is 1.68. The van der Waals surface area contributed by atoms with Crippen LogP contribution in [0.2, 0.25) is 0 Å². The number of anilines is 2. The summed E-state index contributed by atoms with van der Waals surface area (Å²) >= 11 is 0. The molecule has 0 fully saturated rings. The lowest BCUT2D eigenvalue weighted by Gasteiger charge is -2.32. The van der Waals surface area contributed by atoms with Gasteiger partial charge in [0.25, 0.3) is 5.91 Å². The van der Waals surface area contributed by atoms with Gasteiger partial charge in [-0.25, -0.2) is 0 Å². The molecule has 0 spiro atoms. The predicted octanol–water partition coefficient (Wildman–Crippen LogP) is 7.23. The molecule has 1 aliphatic heterocycles. The molecule has 3 amide bonds. The van der Waals surface area contributed by atoms with E-state index in [-0.39, 0.29) is 24.3 Å². The van der Waals surface area contributed by atoms with Crippen LogP contribution in [0.15, 0.2) is 109 Å². The maximum Gasteiger partial charge on any atom is 0.252 e. The first-order chi connectivity index (χ1) is 22.7. The number of fused-ring (bicyclic) bond motifs is 1. The highest BCUT2D eigenvalue weighted by atomic mass is 16.5. The van der Waals surface area contributed by atoms with Gasteiger partial charge >= 0.3 is 0 Å². The molecular formula is C39H44N4O4. The minimum Gasteiger partial charge on any atom is -0.457 e. The van der Waals surface area contributed by atoms with Crippen molar-refractivity contribution in [1.82, 2.24) is 5.32 Å². The van der Waals surface area contributed by atoms with Gasteiger partial charge in [0.05, 0.1) is 24.0 Å². The van der Waals surface area contributed by atoms with E-state index in [0.717, 1.165) is 16.8 Å². The molecule has 4 atom stereocenters. The monoisotopic (exact) mass is 632 g/mol. The van der Waals surface area contributed by atoms with Crippen LogP contribution in [-0.4, -0.2) is 23.8 Å². The zero-order valence-corrected chi connectivity index (χ0v) is 27.3. The lowest BCUT2D eigenvalue weighted by Crippen LogP contribution is -2.54. The first kappa shape index (κ1) is 33.3. The average molecular weight is 633 g/mol. The van der Waals surface area contributed by atoms with Crippen molar-refractivity contribution in [3.05, 3.63) is 120 Å². The molecule has 5 rings (SSSR count). The van der Waals surface area contributed by atoms with E-state index in [4.69, 9.17) is 10.5 Å². The van der Waals surface area contributed by atoms with E-state index in [0.29, 0.717) is 36.4 Å². The van der Waals surface area contributed by atoms with E-state index >= 15 is 0 Å². The molecule has 47 heavy (non-hydrogen) atoms. The minimum absolute atomic E-state index is 0.142. The van der Waals surface area contributed by atoms with Crippen LogP contribution >= 0.6 is 0 Å². The summed E-state index contributed by atoms with van der Waals surface area (Å²) in [4.78, 5) is 43.4. The highest BCUT2D eigenvalue weighted by Crippen LogP contribution is 2.37. The Morgan fingerprint density at radius 1 is 0.872 bits per heavy atom. The summed E-state index contributed by atoms with van der Waals surface area (Å²) in [6.45, 7) is 6.25. The van der Waals surface area contributed by atoms with Gasteiger partial charge in [-0.2, -0.15) is 0 Å². The third-order valence-corrected chi connectivity index (χ3v) is 8.56. The third-order valence-electron chi connectivity index (χ3n) is 8.56. The Morgan fingerprint density at radius 2 is 1.53 bits per heavy atom. The Hall–Kier alpha value is -5.11. The van der Waals surface area contributed by atoms with Gasteiger partial charge in [0.2, 0.25) is 11.8 Å². The summed E-state index contributed by atoms with van der Waals surface area (Å²) in [5.41, 5.74) is 9.02. The lowest BCUT2D eigenvalue weighted by atomic mass is 9.81. The van der Waals surface area contributed by atoms with Gasteiger partial charge < -0.3 is 26.0 Å². The molecule has 0 aliphatic carbocycles. The number of benzene rings is 4. The Labute approximate surface area is 277 Å². The van der Waals surface area contributed by atoms with Crippen LogP contribution in [0.25, 0.3) is 0 Å². The van der Waals surface area contributed by atoms with Gasteiger partial charge in [0.1, 0.15) is 17.5 Å². The number of hydrogen-bond acceptors (Lipinski definition) is 5. The topological polar surface area (TPSA) is 114 Å². The first-order valence-electron chi connectivity index (χ1n) is 16.4. The molecule has 0 aromatic heterocycles. The van der Waals surface area contributed by atoms with E-state index in [1.165, 1.54) is 0 Å². The number of nitrogens with one attached hydrogen (secondary N) is 2. The molecule has 244 valence electrons. The molecule has 0 bridgehead atoms. The predicted molar refractivity (Wildman–Crippen MR) is 186 cm³/mol. The van der Waals surface area contributed by atoms with Gasteiger partial charge in [-0.05, 0) is 66.3 Å². The maximum atomic E-state index is 14.8. The zero-order chi connectivity index (χ0) is 33.3. The summed E-state index contributed by atoms with van der Waals surface area (Å²) in [5, 5.41) is 6.71. The highest BCUT2D eigenvalue weighted by molar-refractivity contribution is 6.04. The fourth-order valence-corrected chi connectivity index (χ4v) is 6.34. The van der Waals surface area contributed by atoms with Crippen LogP contribution in [0.4, 0.5) is 11.4 Å². The van der Waals surface area contributed by atoms with Crippen molar-refractivity contribution < 1.29 is 19.1 Å². The van der Waals surface area contributed by atoms with Gasteiger partial charge in [-0.1, -0.05) is 100.0 Å². The number of carbonyl (C=O) groups is 3. The number of nitrogens with zero attached hydrogens (tertiary/aromatic N) is 1. The van der Waals surface area contributed by atoms with Crippen LogP contribution < -0.4 is 26.0 Å². The van der Waals surface area contributed by atoms with Crippen molar-refractivity contribution in [2.75, 3.05) is 10.2 Å². The molecule has 4 aromatic rings. The van der Waals surface area contributed by atoms with Crippen LogP contribution in [0.5, 0.6) is 11.5 Å². The Morgan fingerprint density at radius 3 is 2.21 bits per heavy atom. The number of ether oxygens (including phenoxy) is 1. The largest absolute Gasteiger partial charge is 0.457 e. The standard InChI is InChI=1S/C39H44N4O4/c1-4-14-31(37(40)44)32(23-26(2)3)38(45)42-36-35(28-16-7-5-8-17-28)41-33-21-11-12-22-34(33)43(39(36)46)25-27-15-13-20-30(24-27)47-29-18-9-6-10-19-29/h5-13,15-22,24,26,31-32,35-36,41H,4,14,23,25H2,1-3H3,(H2,40,44)(H,42,45)/t31-,32+,35-,36?/m0/s1. The summed E-state index contributed by atoms with van der Waals surface area (Å²) in [7, 11) is 0. The van der Waals surface area contributed by atoms with Crippen molar-refractivity contribution >= 4 is 29.1 Å². The van der Waals surface area contributed by atoms with E-state index in [1.807, 2.05) is 130 Å². The Bertz CT molecular complexity index is 1660. The Kier molecular flexibility index (Phi) is 10.9. The quantitative estimate of drug-likeness (QED) is 0.144. The fraction of sp³-hybridized carbons (Fsp3) is 0.308. The second kappa shape index (κ2) is 15.5. The molecule has 4 N–H and O–H groups in total. The number of rotatable bonds is 13. The number of amides is 3. The summed E-state index contributed by atoms with van der Waals surface area (Å²) in [6, 6.07) is 32.9. The number of para-hydroxylation sites is 3. The summed E-state index contributed by atoms with van der Waals surface area (Å²) in [5.74, 6) is -0.900. The second-order valence-corrected chi connectivity index (χ2v) is 12.6. The summed E-state index contributed by atoms with van der Waals surface area (Å²) < 4.78 is 6.09. The smallest absolute Gasteiger partial charge is 0.252 e. The van der Waals surface area contributed by atoms with E-state index in [1.54, 1.807) is 4.90 Å². The zero-order valence-electron chi connectivity index (χ0n) is 27.3. The third kappa shape index (κ3) is 8.19.